The van der Waals surface area contributed by atoms with Gasteiger partial charge in [0.1, 0.15) is 5.03 Å². The molecule has 0 saturated carbocycles. The van der Waals surface area contributed by atoms with E-state index >= 15 is 0 Å². The van der Waals surface area contributed by atoms with Gasteiger partial charge in [-0.1, -0.05) is 37.3 Å². The van der Waals surface area contributed by atoms with Crippen LogP contribution in [-0.2, 0) is 5.75 Å². The molecule has 2 heterocycles. The van der Waals surface area contributed by atoms with Gasteiger partial charge in [-0.3, -0.25) is 5.10 Å². The van der Waals surface area contributed by atoms with Gasteiger partial charge >= 0.3 is 0 Å². The SMILES string of the molecule is CCCNc1nc(SCc2ccccc2)c2cn[nH]c2n1. The first kappa shape index (κ1) is 13.9. The summed E-state index contributed by atoms with van der Waals surface area (Å²) in [6.07, 6.45) is 2.82. The fourth-order valence-corrected chi connectivity index (χ4v) is 2.91. The summed E-state index contributed by atoms with van der Waals surface area (Å²) in [7, 11) is 0. The summed E-state index contributed by atoms with van der Waals surface area (Å²) in [6, 6.07) is 10.4. The molecular weight excluding hydrogens is 282 g/mol. The van der Waals surface area contributed by atoms with Crippen molar-refractivity contribution in [1.29, 1.82) is 0 Å². The van der Waals surface area contributed by atoms with Gasteiger partial charge in [0.2, 0.25) is 5.95 Å². The Bertz CT molecular complexity index is 710. The number of anilines is 1. The lowest BCUT2D eigenvalue weighted by molar-refractivity contribution is 0.943. The van der Waals surface area contributed by atoms with Crippen LogP contribution in [0.1, 0.15) is 18.9 Å². The zero-order chi connectivity index (χ0) is 14.5. The Balaban J connectivity index is 1.83. The zero-order valence-electron chi connectivity index (χ0n) is 11.8. The lowest BCUT2D eigenvalue weighted by atomic mass is 10.2. The highest BCUT2D eigenvalue weighted by Crippen LogP contribution is 2.28. The Morgan fingerprint density at radius 2 is 2.05 bits per heavy atom. The molecule has 0 radical (unpaired) electrons. The molecule has 0 unspecified atom stereocenters. The second-order valence-electron chi connectivity index (χ2n) is 4.69. The average Bonchev–Trinajstić information content (AvgIpc) is 3.00. The van der Waals surface area contributed by atoms with Crippen LogP contribution in [0.5, 0.6) is 0 Å². The maximum atomic E-state index is 4.61. The molecule has 0 bridgehead atoms. The molecular formula is C15H17N5S. The van der Waals surface area contributed by atoms with Crippen molar-refractivity contribution in [3.63, 3.8) is 0 Å². The molecule has 108 valence electrons. The van der Waals surface area contributed by atoms with Gasteiger partial charge in [-0.15, -0.1) is 11.8 Å². The molecule has 2 N–H and O–H groups in total. The summed E-state index contributed by atoms with van der Waals surface area (Å²) >= 11 is 1.70. The maximum absolute atomic E-state index is 4.61. The predicted octanol–water partition coefficient (Wildman–Crippen LogP) is 3.47. The van der Waals surface area contributed by atoms with E-state index in [1.165, 1.54) is 5.56 Å². The van der Waals surface area contributed by atoms with Crippen LogP contribution in [-0.4, -0.2) is 26.7 Å². The number of aromatic amines is 1. The minimum Gasteiger partial charge on any atom is -0.354 e. The van der Waals surface area contributed by atoms with Crippen LogP contribution in [0.25, 0.3) is 11.0 Å². The fraction of sp³-hybridized carbons (Fsp3) is 0.267. The van der Waals surface area contributed by atoms with Crippen molar-refractivity contribution in [2.45, 2.75) is 24.1 Å². The smallest absolute Gasteiger partial charge is 0.225 e. The third-order valence-electron chi connectivity index (χ3n) is 3.03. The van der Waals surface area contributed by atoms with Gasteiger partial charge < -0.3 is 5.32 Å². The van der Waals surface area contributed by atoms with Gasteiger partial charge in [-0.05, 0) is 12.0 Å². The number of nitrogens with zero attached hydrogens (tertiary/aromatic N) is 3. The minimum absolute atomic E-state index is 0.657. The fourth-order valence-electron chi connectivity index (χ4n) is 1.96. The highest BCUT2D eigenvalue weighted by molar-refractivity contribution is 7.98. The van der Waals surface area contributed by atoms with E-state index in [4.69, 9.17) is 0 Å². The molecule has 1 aromatic carbocycles. The number of rotatable bonds is 6. The number of hydrogen-bond donors (Lipinski definition) is 2. The van der Waals surface area contributed by atoms with E-state index < -0.39 is 0 Å². The topological polar surface area (TPSA) is 66.5 Å². The molecule has 0 amide bonds. The zero-order valence-corrected chi connectivity index (χ0v) is 12.7. The van der Waals surface area contributed by atoms with Crippen molar-refractivity contribution in [2.75, 3.05) is 11.9 Å². The molecule has 21 heavy (non-hydrogen) atoms. The number of aromatic nitrogens is 4. The van der Waals surface area contributed by atoms with E-state index in [2.05, 4.69) is 56.7 Å². The summed E-state index contributed by atoms with van der Waals surface area (Å²) in [5.74, 6) is 1.54. The summed E-state index contributed by atoms with van der Waals surface area (Å²) in [6.45, 7) is 2.98. The van der Waals surface area contributed by atoms with Crippen LogP contribution in [0.15, 0.2) is 41.6 Å². The molecule has 0 aliphatic carbocycles. The number of benzene rings is 1. The molecule has 0 aliphatic rings. The lowest BCUT2D eigenvalue weighted by Crippen LogP contribution is -2.05. The molecule has 0 saturated heterocycles. The number of hydrogen-bond acceptors (Lipinski definition) is 5. The van der Waals surface area contributed by atoms with E-state index in [1.807, 2.05) is 6.07 Å². The standard InChI is InChI=1S/C15H17N5S/c1-2-8-16-15-18-13-12(9-17-20-13)14(19-15)21-10-11-6-4-3-5-7-11/h3-7,9H,2,8,10H2,1H3,(H2,16,17,18,19,20). The first-order chi connectivity index (χ1) is 10.4. The summed E-state index contributed by atoms with van der Waals surface area (Å²) in [5, 5.41) is 12.1. The first-order valence-electron chi connectivity index (χ1n) is 6.98. The van der Waals surface area contributed by atoms with Crippen LogP contribution in [0.3, 0.4) is 0 Å². The Kier molecular flexibility index (Phi) is 4.35. The molecule has 0 aliphatic heterocycles. The second-order valence-corrected chi connectivity index (χ2v) is 5.65. The van der Waals surface area contributed by atoms with Gasteiger partial charge in [0, 0.05) is 12.3 Å². The van der Waals surface area contributed by atoms with Crippen LogP contribution in [0, 0.1) is 0 Å². The Morgan fingerprint density at radius 3 is 2.86 bits per heavy atom. The molecule has 0 atom stereocenters. The highest BCUT2D eigenvalue weighted by Gasteiger charge is 2.10. The molecule has 3 rings (SSSR count). The summed E-state index contributed by atoms with van der Waals surface area (Å²) in [4.78, 5) is 9.04. The third-order valence-corrected chi connectivity index (χ3v) is 4.09. The van der Waals surface area contributed by atoms with E-state index in [0.29, 0.717) is 5.95 Å². The predicted molar refractivity (Wildman–Crippen MR) is 86.5 cm³/mol. The number of thioether (sulfide) groups is 1. The average molecular weight is 299 g/mol. The maximum Gasteiger partial charge on any atom is 0.225 e. The Hall–Kier alpha value is -2.08. The van der Waals surface area contributed by atoms with E-state index in [9.17, 15) is 0 Å². The molecule has 2 aromatic heterocycles. The van der Waals surface area contributed by atoms with Crippen molar-refractivity contribution < 1.29 is 0 Å². The largest absolute Gasteiger partial charge is 0.354 e. The number of H-pyrrole nitrogens is 1. The van der Waals surface area contributed by atoms with Crippen molar-refractivity contribution >= 4 is 28.7 Å². The lowest BCUT2D eigenvalue weighted by Gasteiger charge is -2.07. The van der Waals surface area contributed by atoms with Crippen LogP contribution >= 0.6 is 11.8 Å². The number of nitrogens with one attached hydrogen (secondary N) is 2. The highest BCUT2D eigenvalue weighted by atomic mass is 32.2. The van der Waals surface area contributed by atoms with Crippen molar-refractivity contribution in [3.8, 4) is 0 Å². The van der Waals surface area contributed by atoms with Gasteiger partial charge in [0.25, 0.3) is 0 Å². The molecule has 3 aromatic rings. The van der Waals surface area contributed by atoms with Crippen LogP contribution in [0.4, 0.5) is 5.95 Å². The van der Waals surface area contributed by atoms with Gasteiger partial charge in [0.15, 0.2) is 5.65 Å². The van der Waals surface area contributed by atoms with Crippen molar-refractivity contribution in [3.05, 3.63) is 42.1 Å². The second kappa shape index (κ2) is 6.58. The quantitative estimate of drug-likeness (QED) is 0.539. The normalized spacial score (nSPS) is 10.9. The first-order valence-corrected chi connectivity index (χ1v) is 7.97. The Labute approximate surface area is 127 Å². The number of fused-ring (bicyclic) bond motifs is 1. The molecule has 0 spiro atoms. The molecule has 0 fully saturated rings. The van der Waals surface area contributed by atoms with E-state index in [0.717, 1.165) is 34.8 Å². The third kappa shape index (κ3) is 3.33. The van der Waals surface area contributed by atoms with E-state index in [-0.39, 0.29) is 0 Å². The molecule has 5 nitrogen and oxygen atoms in total. The van der Waals surface area contributed by atoms with Gasteiger partial charge in [-0.2, -0.15) is 10.1 Å². The van der Waals surface area contributed by atoms with Crippen molar-refractivity contribution in [2.24, 2.45) is 0 Å². The monoisotopic (exact) mass is 299 g/mol. The van der Waals surface area contributed by atoms with Crippen LogP contribution < -0.4 is 5.32 Å². The van der Waals surface area contributed by atoms with Gasteiger partial charge in [0.05, 0.1) is 11.6 Å². The minimum atomic E-state index is 0.657. The van der Waals surface area contributed by atoms with Crippen LogP contribution in [0.2, 0.25) is 0 Å². The Morgan fingerprint density at radius 1 is 1.19 bits per heavy atom. The van der Waals surface area contributed by atoms with Gasteiger partial charge in [-0.25, -0.2) is 4.98 Å². The summed E-state index contributed by atoms with van der Waals surface area (Å²) in [5.41, 5.74) is 2.06. The molecule has 6 heteroatoms. The van der Waals surface area contributed by atoms with E-state index in [1.54, 1.807) is 18.0 Å². The summed E-state index contributed by atoms with van der Waals surface area (Å²) < 4.78 is 0. The van der Waals surface area contributed by atoms with Crippen molar-refractivity contribution in [1.82, 2.24) is 20.2 Å².